The van der Waals surface area contributed by atoms with Gasteiger partial charge in [-0.2, -0.15) is 0 Å². The summed E-state index contributed by atoms with van der Waals surface area (Å²) >= 11 is 0. The predicted molar refractivity (Wildman–Crippen MR) is 48.3 cm³/mol. The van der Waals surface area contributed by atoms with E-state index in [2.05, 4.69) is 5.32 Å². The molecule has 0 aromatic rings. The molecule has 0 aromatic heterocycles. The van der Waals surface area contributed by atoms with Crippen LogP contribution in [0.15, 0.2) is 0 Å². The lowest BCUT2D eigenvalue weighted by Crippen LogP contribution is -2.50. The lowest BCUT2D eigenvalue weighted by Gasteiger charge is -2.29. The second-order valence-corrected chi connectivity index (χ2v) is 6.20. The number of Topliss-reactive ketones (excluding diaryl/α,β-unsaturated/α-hetero) is 1. The van der Waals surface area contributed by atoms with E-state index in [9.17, 15) is 18.0 Å². The van der Waals surface area contributed by atoms with Crippen LogP contribution in [0.1, 0.15) is 12.8 Å². The molecule has 1 N–H and O–H groups in total. The Morgan fingerprint density at radius 2 is 2.00 bits per heavy atom. The average molecular weight is 217 g/mol. The number of hydrogen-bond acceptors (Lipinski definition) is 4. The Hall–Kier alpha value is -0.910. The number of nitrogens with one attached hydrogen (secondary N) is 1. The monoisotopic (exact) mass is 217 g/mol. The molecule has 0 bridgehead atoms. The molecule has 0 aromatic carbocycles. The summed E-state index contributed by atoms with van der Waals surface area (Å²) in [4.78, 5) is 22.7. The maximum atomic E-state index is 11.5. The molecule has 2 fully saturated rings. The van der Waals surface area contributed by atoms with E-state index < -0.39 is 15.3 Å². The van der Waals surface area contributed by atoms with Crippen molar-refractivity contribution < 1.29 is 18.0 Å². The highest BCUT2D eigenvalue weighted by Crippen LogP contribution is 2.37. The summed E-state index contributed by atoms with van der Waals surface area (Å²) < 4.78 is 22.5. The van der Waals surface area contributed by atoms with Crippen molar-refractivity contribution in [2.75, 3.05) is 18.1 Å². The summed E-state index contributed by atoms with van der Waals surface area (Å²) in [5.41, 5.74) is -0.950. The molecule has 5 nitrogen and oxygen atoms in total. The van der Waals surface area contributed by atoms with Crippen LogP contribution in [-0.4, -0.2) is 38.2 Å². The van der Waals surface area contributed by atoms with E-state index >= 15 is 0 Å². The quantitative estimate of drug-likeness (QED) is 0.557. The van der Waals surface area contributed by atoms with Crippen LogP contribution in [0.4, 0.5) is 0 Å². The van der Waals surface area contributed by atoms with E-state index in [0.717, 1.165) is 0 Å². The largest absolute Gasteiger partial charge is 0.349 e. The Labute approximate surface area is 81.8 Å². The van der Waals surface area contributed by atoms with Crippen LogP contribution in [0, 0.1) is 5.41 Å². The third-order valence-corrected chi connectivity index (χ3v) is 4.67. The maximum Gasteiger partial charge on any atom is 0.228 e. The van der Waals surface area contributed by atoms with E-state index in [0.29, 0.717) is 0 Å². The SMILES string of the molecule is O=C1CNC(=O)C2(CCS(=O)(=O)C2)C1. The molecule has 2 aliphatic rings. The van der Waals surface area contributed by atoms with Gasteiger partial charge in [-0.3, -0.25) is 9.59 Å². The summed E-state index contributed by atoms with van der Waals surface area (Å²) in [6.07, 6.45) is 0.366. The van der Waals surface area contributed by atoms with Crippen molar-refractivity contribution in [1.82, 2.24) is 5.32 Å². The standard InChI is InChI=1S/C8H11NO4S/c10-6-3-8(7(11)9-4-6)1-2-14(12,13)5-8/h1-5H2,(H,9,11). The normalized spacial score (nSPS) is 36.0. The van der Waals surface area contributed by atoms with E-state index in [-0.39, 0.29) is 42.6 Å². The minimum absolute atomic E-state index is 0.0215. The van der Waals surface area contributed by atoms with E-state index in [1.165, 1.54) is 0 Å². The van der Waals surface area contributed by atoms with Crippen LogP contribution in [0.2, 0.25) is 0 Å². The molecule has 2 heterocycles. The van der Waals surface area contributed by atoms with Gasteiger partial charge in [0.25, 0.3) is 0 Å². The molecule has 2 saturated heterocycles. The first kappa shape index (κ1) is 9.64. The molecule has 2 rings (SSSR count). The molecule has 1 atom stereocenters. The molecule has 1 spiro atoms. The number of amides is 1. The zero-order valence-corrected chi connectivity index (χ0v) is 8.39. The van der Waals surface area contributed by atoms with Crippen molar-refractivity contribution in [3.63, 3.8) is 0 Å². The highest BCUT2D eigenvalue weighted by molar-refractivity contribution is 7.91. The molecule has 0 radical (unpaired) electrons. The molecular weight excluding hydrogens is 206 g/mol. The van der Waals surface area contributed by atoms with Crippen molar-refractivity contribution in [3.8, 4) is 0 Å². The van der Waals surface area contributed by atoms with Gasteiger partial charge in [-0.05, 0) is 6.42 Å². The highest BCUT2D eigenvalue weighted by atomic mass is 32.2. The zero-order valence-electron chi connectivity index (χ0n) is 7.58. The Balaban J connectivity index is 2.31. The molecule has 6 heteroatoms. The maximum absolute atomic E-state index is 11.5. The van der Waals surface area contributed by atoms with E-state index in [4.69, 9.17) is 0 Å². The van der Waals surface area contributed by atoms with Gasteiger partial charge in [0.1, 0.15) is 0 Å². The second-order valence-electron chi connectivity index (χ2n) is 4.02. The fourth-order valence-electron chi connectivity index (χ4n) is 2.12. The lowest BCUT2D eigenvalue weighted by atomic mass is 9.79. The molecule has 0 saturated carbocycles. The van der Waals surface area contributed by atoms with Gasteiger partial charge in [-0.1, -0.05) is 0 Å². The predicted octanol–water partition coefficient (Wildman–Crippen LogP) is -1.12. The Morgan fingerprint density at radius 3 is 2.57 bits per heavy atom. The van der Waals surface area contributed by atoms with Gasteiger partial charge < -0.3 is 5.32 Å². The highest BCUT2D eigenvalue weighted by Gasteiger charge is 2.50. The number of piperidine rings is 1. The van der Waals surface area contributed by atoms with Crippen LogP contribution in [0.3, 0.4) is 0 Å². The first-order chi connectivity index (χ1) is 6.44. The molecule has 1 unspecified atom stereocenters. The second kappa shape index (κ2) is 2.79. The summed E-state index contributed by atoms with van der Waals surface area (Å²) in [6, 6.07) is 0. The van der Waals surface area contributed by atoms with Crippen molar-refractivity contribution in [2.24, 2.45) is 5.41 Å². The summed E-state index contributed by atoms with van der Waals surface area (Å²) in [6.45, 7) is 0.0423. The molecule has 0 aliphatic carbocycles. The first-order valence-electron chi connectivity index (χ1n) is 4.44. The summed E-state index contributed by atoms with van der Waals surface area (Å²) in [5, 5.41) is 2.45. The smallest absolute Gasteiger partial charge is 0.228 e. The van der Waals surface area contributed by atoms with Gasteiger partial charge in [-0.25, -0.2) is 8.42 Å². The number of sulfone groups is 1. The van der Waals surface area contributed by atoms with Gasteiger partial charge in [0, 0.05) is 6.42 Å². The van der Waals surface area contributed by atoms with Gasteiger partial charge in [0.15, 0.2) is 15.6 Å². The van der Waals surface area contributed by atoms with Crippen LogP contribution in [-0.2, 0) is 19.4 Å². The third-order valence-electron chi connectivity index (χ3n) is 2.85. The minimum Gasteiger partial charge on any atom is -0.349 e. The Morgan fingerprint density at radius 1 is 1.29 bits per heavy atom. The van der Waals surface area contributed by atoms with Crippen LogP contribution >= 0.6 is 0 Å². The topological polar surface area (TPSA) is 80.3 Å². The van der Waals surface area contributed by atoms with E-state index in [1.807, 2.05) is 0 Å². The number of carbonyl (C=O) groups is 2. The van der Waals surface area contributed by atoms with Crippen LogP contribution in [0.25, 0.3) is 0 Å². The van der Waals surface area contributed by atoms with Crippen molar-refractivity contribution >= 4 is 21.5 Å². The molecule has 1 amide bonds. The van der Waals surface area contributed by atoms with Crippen LogP contribution in [0.5, 0.6) is 0 Å². The molecule has 78 valence electrons. The first-order valence-corrected chi connectivity index (χ1v) is 6.26. The molecule has 2 aliphatic heterocycles. The number of ketones is 1. The summed E-state index contributed by atoms with van der Waals surface area (Å²) in [5.74, 6) is -0.509. The Bertz CT molecular complexity index is 400. The summed E-state index contributed by atoms with van der Waals surface area (Å²) in [7, 11) is -3.12. The zero-order chi connectivity index (χ0) is 10.4. The van der Waals surface area contributed by atoms with Crippen molar-refractivity contribution in [2.45, 2.75) is 12.8 Å². The fraction of sp³-hybridized carbons (Fsp3) is 0.750. The van der Waals surface area contributed by atoms with Crippen molar-refractivity contribution in [3.05, 3.63) is 0 Å². The van der Waals surface area contributed by atoms with Gasteiger partial charge in [0.2, 0.25) is 5.91 Å². The third kappa shape index (κ3) is 1.43. The number of carbonyl (C=O) groups excluding carboxylic acids is 2. The average Bonchev–Trinajstić information content (AvgIpc) is 2.37. The van der Waals surface area contributed by atoms with Crippen LogP contribution < -0.4 is 5.32 Å². The van der Waals surface area contributed by atoms with Crippen molar-refractivity contribution in [1.29, 1.82) is 0 Å². The van der Waals surface area contributed by atoms with Gasteiger partial charge >= 0.3 is 0 Å². The lowest BCUT2D eigenvalue weighted by molar-refractivity contribution is -0.139. The minimum atomic E-state index is -3.12. The molecule has 14 heavy (non-hydrogen) atoms. The molecular formula is C8H11NO4S. The fourth-order valence-corrected chi connectivity index (χ4v) is 4.19. The van der Waals surface area contributed by atoms with E-state index in [1.54, 1.807) is 0 Å². The number of rotatable bonds is 0. The number of hydrogen-bond donors (Lipinski definition) is 1. The Kier molecular flexibility index (Phi) is 1.92. The van der Waals surface area contributed by atoms with Gasteiger partial charge in [-0.15, -0.1) is 0 Å². The van der Waals surface area contributed by atoms with Gasteiger partial charge in [0.05, 0.1) is 23.5 Å².